The van der Waals surface area contributed by atoms with E-state index in [9.17, 15) is 0 Å². The molecule has 2 nitrogen and oxygen atoms in total. The van der Waals surface area contributed by atoms with Crippen LogP contribution in [0.25, 0.3) is 39.0 Å². The van der Waals surface area contributed by atoms with Gasteiger partial charge in [-0.2, -0.15) is 0 Å². The predicted octanol–water partition coefficient (Wildman–Crippen LogP) is 16.7. The molecule has 0 fully saturated rings. The topological polar surface area (TPSA) is 6.48 Å². The number of allylic oxidation sites excluding steroid dienone is 7. The average Bonchev–Trinajstić information content (AvgIpc) is 3.36. The second kappa shape index (κ2) is 17.9. The highest BCUT2D eigenvalue weighted by atomic mass is 15.2. The van der Waals surface area contributed by atoms with Gasteiger partial charge in [-0.25, -0.2) is 0 Å². The summed E-state index contributed by atoms with van der Waals surface area (Å²) in [6, 6.07) is 78.7. The van der Waals surface area contributed by atoms with E-state index in [0.717, 1.165) is 48.4 Å². The van der Waals surface area contributed by atoms with Crippen LogP contribution >= 0.6 is 0 Å². The normalized spacial score (nSPS) is 13.6. The van der Waals surface area contributed by atoms with E-state index >= 15 is 0 Å². The highest BCUT2D eigenvalue weighted by Crippen LogP contribution is 2.44. The van der Waals surface area contributed by atoms with Crippen molar-refractivity contribution in [3.63, 3.8) is 0 Å². The molecule has 0 atom stereocenters. The highest BCUT2D eigenvalue weighted by Gasteiger charge is 2.24. The Morgan fingerprint density at radius 3 is 1.45 bits per heavy atom. The first-order chi connectivity index (χ1) is 30.8. The molecule has 0 aromatic heterocycles. The van der Waals surface area contributed by atoms with Crippen LogP contribution in [0.15, 0.2) is 260 Å². The Bertz CT molecular complexity index is 2920. The lowest BCUT2D eigenvalue weighted by Gasteiger charge is -2.32. The summed E-state index contributed by atoms with van der Waals surface area (Å²) in [6.07, 6.45) is 13.4. The Morgan fingerprint density at radius 2 is 0.790 bits per heavy atom. The minimum atomic E-state index is 0.954. The maximum Gasteiger partial charge on any atom is 0.0536 e. The van der Waals surface area contributed by atoms with Crippen molar-refractivity contribution in [3.8, 4) is 33.4 Å². The molecule has 0 aliphatic heterocycles. The Hall–Kier alpha value is -7.68. The minimum Gasteiger partial charge on any atom is -0.310 e. The molecule has 62 heavy (non-hydrogen) atoms. The van der Waals surface area contributed by atoms with Gasteiger partial charge in [0.1, 0.15) is 0 Å². The van der Waals surface area contributed by atoms with Gasteiger partial charge < -0.3 is 9.80 Å². The van der Waals surface area contributed by atoms with Crippen molar-refractivity contribution in [3.05, 3.63) is 265 Å². The van der Waals surface area contributed by atoms with E-state index in [4.69, 9.17) is 0 Å². The number of nitrogens with zero attached hydrogens (tertiary/aromatic N) is 2. The number of rotatable bonds is 11. The zero-order chi connectivity index (χ0) is 41.5. The average molecular weight is 797 g/mol. The molecular weight excluding hydrogens is 749 g/mol. The van der Waals surface area contributed by atoms with E-state index in [2.05, 4.69) is 252 Å². The van der Waals surface area contributed by atoms with E-state index in [1.165, 1.54) is 67.0 Å². The van der Waals surface area contributed by atoms with Gasteiger partial charge in [0.25, 0.3) is 0 Å². The summed E-state index contributed by atoms with van der Waals surface area (Å²) in [5.41, 5.74) is 19.7. The van der Waals surface area contributed by atoms with Crippen LogP contribution in [-0.2, 0) is 0 Å². The standard InChI is InChI=1S/C60H48N2/c1-5-19-45(20-6-1)47-39-41-55(42-40-47)61(53-26-9-3-10-27-53)59-33-15-13-31-57(59)48-35-37-49(38-36-48)58-32-14-16-34-60(58)62(54-28-11-4-12-29-54)56-30-18-25-52(44-56)51-24-17-23-50(43-51)46-21-7-2-8-22-46/h1-12,14-30,32-35,37,39-44H,13,31,36,38H2. The smallest absolute Gasteiger partial charge is 0.0536 e. The van der Waals surface area contributed by atoms with Gasteiger partial charge in [0.05, 0.1) is 5.69 Å². The summed E-state index contributed by atoms with van der Waals surface area (Å²) in [4.78, 5) is 4.87. The summed E-state index contributed by atoms with van der Waals surface area (Å²) in [6.45, 7) is 0. The molecule has 8 aromatic carbocycles. The summed E-state index contributed by atoms with van der Waals surface area (Å²) in [5, 5.41) is 0. The maximum absolute atomic E-state index is 2.44. The van der Waals surface area contributed by atoms with Crippen molar-refractivity contribution in [2.75, 3.05) is 9.80 Å². The quantitative estimate of drug-likeness (QED) is 0.129. The molecule has 2 aliphatic rings. The first-order valence-electron chi connectivity index (χ1n) is 21.8. The number of para-hydroxylation sites is 3. The maximum atomic E-state index is 2.44. The largest absolute Gasteiger partial charge is 0.310 e. The lowest BCUT2D eigenvalue weighted by molar-refractivity contribution is 0.881. The van der Waals surface area contributed by atoms with Crippen LogP contribution in [0.1, 0.15) is 31.2 Å². The van der Waals surface area contributed by atoms with Crippen LogP contribution in [-0.4, -0.2) is 0 Å². The van der Waals surface area contributed by atoms with Crippen LogP contribution in [0, 0.1) is 0 Å². The van der Waals surface area contributed by atoms with Crippen molar-refractivity contribution < 1.29 is 0 Å². The molecule has 298 valence electrons. The van der Waals surface area contributed by atoms with Gasteiger partial charge in [-0.15, -0.1) is 0 Å². The van der Waals surface area contributed by atoms with Crippen LogP contribution in [0.2, 0.25) is 0 Å². The SMILES string of the molecule is C1=CC(N(c2ccccc2)c2ccc(-c3ccccc3)cc2)=C(C2=CC=C(c3ccccc3N(c3ccccc3)c3cccc(-c4cccc(-c5ccccc5)c4)c3)CC2)CC1. The minimum absolute atomic E-state index is 0.954. The number of hydrogen-bond donors (Lipinski definition) is 0. The molecule has 0 spiro atoms. The molecule has 8 aromatic rings. The van der Waals surface area contributed by atoms with E-state index < -0.39 is 0 Å². The first-order valence-corrected chi connectivity index (χ1v) is 21.8. The fraction of sp³-hybridized carbons (Fsp3) is 0.0667. The Balaban J connectivity index is 1.01. The van der Waals surface area contributed by atoms with E-state index in [1.807, 2.05) is 0 Å². The lowest BCUT2D eigenvalue weighted by Crippen LogP contribution is -2.19. The van der Waals surface area contributed by atoms with Gasteiger partial charge >= 0.3 is 0 Å². The highest BCUT2D eigenvalue weighted by molar-refractivity contribution is 5.88. The van der Waals surface area contributed by atoms with Gasteiger partial charge in [-0.3, -0.25) is 0 Å². The van der Waals surface area contributed by atoms with E-state index in [0.29, 0.717) is 0 Å². The molecule has 0 bridgehead atoms. The number of hydrogen-bond acceptors (Lipinski definition) is 2. The van der Waals surface area contributed by atoms with Crippen molar-refractivity contribution in [2.45, 2.75) is 25.7 Å². The molecule has 0 unspecified atom stereocenters. The van der Waals surface area contributed by atoms with Crippen molar-refractivity contribution in [2.24, 2.45) is 0 Å². The molecule has 0 amide bonds. The molecule has 2 aliphatic carbocycles. The first kappa shape index (κ1) is 38.5. The van der Waals surface area contributed by atoms with Crippen LogP contribution in [0.4, 0.5) is 28.4 Å². The second-order valence-corrected chi connectivity index (χ2v) is 16.0. The number of anilines is 5. The summed E-state index contributed by atoms with van der Waals surface area (Å²) < 4.78 is 0. The lowest BCUT2D eigenvalue weighted by atomic mass is 9.85. The third-order valence-electron chi connectivity index (χ3n) is 12.1. The number of benzene rings is 8. The Labute approximate surface area is 366 Å². The van der Waals surface area contributed by atoms with Crippen molar-refractivity contribution >= 4 is 34.0 Å². The summed E-state index contributed by atoms with van der Waals surface area (Å²) >= 11 is 0. The Morgan fingerprint density at radius 1 is 0.323 bits per heavy atom. The predicted molar refractivity (Wildman–Crippen MR) is 263 cm³/mol. The third-order valence-corrected chi connectivity index (χ3v) is 12.1. The van der Waals surface area contributed by atoms with Gasteiger partial charge in [0.2, 0.25) is 0 Å². The molecule has 0 heterocycles. The summed E-state index contributed by atoms with van der Waals surface area (Å²) in [7, 11) is 0. The third kappa shape index (κ3) is 8.11. The molecule has 0 radical (unpaired) electrons. The van der Waals surface area contributed by atoms with Crippen LogP contribution in [0.3, 0.4) is 0 Å². The van der Waals surface area contributed by atoms with Gasteiger partial charge in [-0.05, 0) is 143 Å². The van der Waals surface area contributed by atoms with E-state index in [-0.39, 0.29) is 0 Å². The van der Waals surface area contributed by atoms with Crippen LogP contribution in [0.5, 0.6) is 0 Å². The molecule has 0 saturated carbocycles. The van der Waals surface area contributed by atoms with Gasteiger partial charge in [0, 0.05) is 34.0 Å². The fourth-order valence-corrected chi connectivity index (χ4v) is 9.01. The van der Waals surface area contributed by atoms with Crippen molar-refractivity contribution in [1.29, 1.82) is 0 Å². The molecule has 0 N–H and O–H groups in total. The molecule has 2 heteroatoms. The van der Waals surface area contributed by atoms with Gasteiger partial charge in [0.15, 0.2) is 0 Å². The zero-order valence-electron chi connectivity index (χ0n) is 34.8. The van der Waals surface area contributed by atoms with Gasteiger partial charge in [-0.1, -0.05) is 176 Å². The second-order valence-electron chi connectivity index (χ2n) is 16.0. The van der Waals surface area contributed by atoms with Crippen molar-refractivity contribution in [1.82, 2.24) is 0 Å². The van der Waals surface area contributed by atoms with E-state index in [1.54, 1.807) is 0 Å². The molecule has 10 rings (SSSR count). The molecular formula is C60H48N2. The van der Waals surface area contributed by atoms with Crippen LogP contribution < -0.4 is 9.80 Å². The zero-order valence-corrected chi connectivity index (χ0v) is 34.8. The summed E-state index contributed by atoms with van der Waals surface area (Å²) in [5.74, 6) is 0. The monoisotopic (exact) mass is 796 g/mol. The Kier molecular flexibility index (Phi) is 11.1. The fourth-order valence-electron chi connectivity index (χ4n) is 9.01. The molecule has 0 saturated heterocycles.